The first kappa shape index (κ1) is 18.4. The predicted octanol–water partition coefficient (Wildman–Crippen LogP) is 3.93. The molecule has 3 rings (SSSR count). The fourth-order valence-electron chi connectivity index (χ4n) is 3.04. The lowest BCUT2D eigenvalue weighted by molar-refractivity contribution is -0.121. The van der Waals surface area contributed by atoms with Crippen molar-refractivity contribution in [2.75, 3.05) is 23.4 Å². The lowest BCUT2D eigenvalue weighted by Gasteiger charge is -2.28. The summed E-state index contributed by atoms with van der Waals surface area (Å²) in [5.41, 5.74) is 2.42. The van der Waals surface area contributed by atoms with Crippen LogP contribution in [0.25, 0.3) is 11.3 Å². The summed E-state index contributed by atoms with van der Waals surface area (Å²) < 4.78 is 5.50. The van der Waals surface area contributed by atoms with Gasteiger partial charge >= 0.3 is 0 Å². The lowest BCUT2D eigenvalue weighted by Crippen LogP contribution is -2.38. The molecule has 0 bridgehead atoms. The highest BCUT2D eigenvalue weighted by atomic mass is 32.1. The maximum Gasteiger partial charge on any atom is 0.265 e. The minimum Gasteiger partial charge on any atom is -0.482 e. The van der Waals surface area contributed by atoms with Crippen LogP contribution in [-0.2, 0) is 9.59 Å². The predicted molar refractivity (Wildman–Crippen MR) is 104 cm³/mol. The lowest BCUT2D eigenvalue weighted by atomic mass is 10.0. The van der Waals surface area contributed by atoms with Gasteiger partial charge in [0.05, 0.1) is 11.4 Å². The van der Waals surface area contributed by atoms with Crippen molar-refractivity contribution < 1.29 is 14.3 Å². The maximum atomic E-state index is 12.2. The van der Waals surface area contributed by atoms with Gasteiger partial charge in [0.1, 0.15) is 5.75 Å². The molecule has 2 heterocycles. The molecule has 0 aliphatic carbocycles. The molecule has 0 atom stereocenters. The molecule has 1 aromatic carbocycles. The molecule has 2 aromatic rings. The Bertz CT molecular complexity index is 814. The van der Waals surface area contributed by atoms with Crippen LogP contribution in [-0.4, -0.2) is 29.9 Å². The first-order valence-electron chi connectivity index (χ1n) is 8.91. The molecule has 1 aliphatic heterocycles. The number of rotatable bonds is 6. The molecule has 1 aromatic heterocycles. The SMILES string of the molecule is CCC(CC)C(=O)Nc1nc(-c2ccc3c(c2)N(CC)C(=O)CO3)cs1. The Morgan fingerprint density at radius 2 is 2.12 bits per heavy atom. The molecular formula is C19H23N3O3S. The maximum absolute atomic E-state index is 12.2. The van der Waals surface area contributed by atoms with Gasteiger partial charge in [-0.2, -0.15) is 0 Å². The number of benzene rings is 1. The Labute approximate surface area is 157 Å². The zero-order chi connectivity index (χ0) is 18.7. The van der Waals surface area contributed by atoms with Crippen molar-refractivity contribution in [3.05, 3.63) is 23.6 Å². The zero-order valence-corrected chi connectivity index (χ0v) is 16.1. The molecule has 2 amide bonds. The smallest absolute Gasteiger partial charge is 0.265 e. The van der Waals surface area contributed by atoms with Gasteiger partial charge in [0.25, 0.3) is 5.91 Å². The number of thiazole rings is 1. The number of fused-ring (bicyclic) bond motifs is 1. The van der Waals surface area contributed by atoms with Crippen molar-refractivity contribution in [3.8, 4) is 17.0 Å². The highest BCUT2D eigenvalue weighted by Crippen LogP contribution is 2.36. The number of amides is 2. The number of ether oxygens (including phenoxy) is 1. The van der Waals surface area contributed by atoms with Crippen LogP contribution in [0.4, 0.5) is 10.8 Å². The third-order valence-corrected chi connectivity index (χ3v) is 5.36. The van der Waals surface area contributed by atoms with Crippen molar-refractivity contribution in [1.29, 1.82) is 0 Å². The van der Waals surface area contributed by atoms with E-state index >= 15 is 0 Å². The van der Waals surface area contributed by atoms with Crippen molar-refractivity contribution in [2.45, 2.75) is 33.6 Å². The second-order valence-electron chi connectivity index (χ2n) is 6.15. The van der Waals surface area contributed by atoms with Gasteiger partial charge in [-0.15, -0.1) is 11.3 Å². The molecule has 0 unspecified atom stereocenters. The highest BCUT2D eigenvalue weighted by Gasteiger charge is 2.25. The number of anilines is 2. The first-order valence-corrected chi connectivity index (χ1v) is 9.79. The minimum atomic E-state index is -0.0476. The van der Waals surface area contributed by atoms with E-state index < -0.39 is 0 Å². The van der Waals surface area contributed by atoms with Crippen LogP contribution in [0, 0.1) is 5.92 Å². The molecule has 0 saturated carbocycles. The van der Waals surface area contributed by atoms with Gasteiger partial charge in [-0.25, -0.2) is 4.98 Å². The van der Waals surface area contributed by atoms with E-state index in [9.17, 15) is 9.59 Å². The van der Waals surface area contributed by atoms with Gasteiger partial charge in [-0.3, -0.25) is 9.59 Å². The van der Waals surface area contributed by atoms with Gasteiger partial charge in [0.15, 0.2) is 11.7 Å². The number of aromatic nitrogens is 1. The molecule has 0 saturated heterocycles. The molecule has 7 heteroatoms. The average Bonchev–Trinajstić information content (AvgIpc) is 3.10. The average molecular weight is 373 g/mol. The molecule has 26 heavy (non-hydrogen) atoms. The van der Waals surface area contributed by atoms with Crippen LogP contribution < -0.4 is 15.0 Å². The van der Waals surface area contributed by atoms with E-state index in [0.29, 0.717) is 17.4 Å². The monoisotopic (exact) mass is 373 g/mol. The summed E-state index contributed by atoms with van der Waals surface area (Å²) in [5, 5.41) is 5.40. The number of carbonyl (C=O) groups excluding carboxylic acids is 2. The van der Waals surface area contributed by atoms with Crippen LogP contribution in [0.3, 0.4) is 0 Å². The molecular weight excluding hydrogens is 350 g/mol. The van der Waals surface area contributed by atoms with Gasteiger partial charge in [-0.1, -0.05) is 13.8 Å². The zero-order valence-electron chi connectivity index (χ0n) is 15.2. The van der Waals surface area contributed by atoms with E-state index in [1.807, 2.05) is 44.4 Å². The quantitative estimate of drug-likeness (QED) is 0.833. The van der Waals surface area contributed by atoms with Gasteiger partial charge < -0.3 is 15.0 Å². The molecule has 0 fully saturated rings. The number of carbonyl (C=O) groups is 2. The summed E-state index contributed by atoms with van der Waals surface area (Å²) in [7, 11) is 0. The molecule has 0 spiro atoms. The van der Waals surface area contributed by atoms with Gasteiger partial charge in [-0.05, 0) is 38.0 Å². The van der Waals surface area contributed by atoms with Crippen LogP contribution in [0.2, 0.25) is 0 Å². The number of hydrogen-bond acceptors (Lipinski definition) is 5. The Hall–Kier alpha value is -2.41. The largest absolute Gasteiger partial charge is 0.482 e. The fourth-order valence-corrected chi connectivity index (χ4v) is 3.76. The summed E-state index contributed by atoms with van der Waals surface area (Å²) in [6.45, 7) is 6.62. The number of nitrogens with zero attached hydrogens (tertiary/aromatic N) is 2. The molecule has 0 radical (unpaired) electrons. The Balaban J connectivity index is 1.83. The number of likely N-dealkylation sites (N-methyl/N-ethyl adjacent to an activating group) is 1. The second kappa shape index (κ2) is 7.86. The topological polar surface area (TPSA) is 71.5 Å². The number of hydrogen-bond donors (Lipinski definition) is 1. The van der Waals surface area contributed by atoms with Crippen LogP contribution in [0.15, 0.2) is 23.6 Å². The van der Waals surface area contributed by atoms with Crippen molar-refractivity contribution in [3.63, 3.8) is 0 Å². The highest BCUT2D eigenvalue weighted by molar-refractivity contribution is 7.14. The summed E-state index contributed by atoms with van der Waals surface area (Å²) >= 11 is 1.40. The van der Waals surface area contributed by atoms with E-state index in [2.05, 4.69) is 10.3 Å². The van der Waals surface area contributed by atoms with Crippen LogP contribution in [0.5, 0.6) is 5.75 Å². The number of nitrogens with one attached hydrogen (secondary N) is 1. The van der Waals surface area contributed by atoms with Crippen molar-refractivity contribution >= 4 is 34.0 Å². The standard InChI is InChI=1S/C19H23N3O3S/c1-4-12(5-2)18(24)21-19-20-14(11-26-19)13-7-8-16-15(9-13)22(6-3)17(23)10-25-16/h7-9,11-12H,4-6,10H2,1-3H3,(H,20,21,24). The Kier molecular flexibility index (Phi) is 5.56. The summed E-state index contributed by atoms with van der Waals surface area (Å²) in [5.74, 6) is 0.672. The normalized spacial score (nSPS) is 13.5. The second-order valence-corrected chi connectivity index (χ2v) is 7.01. The summed E-state index contributed by atoms with van der Waals surface area (Å²) in [6, 6.07) is 5.70. The third-order valence-electron chi connectivity index (χ3n) is 4.60. The van der Waals surface area contributed by atoms with Crippen molar-refractivity contribution in [2.24, 2.45) is 5.92 Å². The van der Waals surface area contributed by atoms with Gasteiger partial charge in [0, 0.05) is 23.4 Å². The van der Waals surface area contributed by atoms with E-state index in [0.717, 1.165) is 29.8 Å². The summed E-state index contributed by atoms with van der Waals surface area (Å²) in [6.07, 6.45) is 1.62. The Morgan fingerprint density at radius 1 is 1.35 bits per heavy atom. The van der Waals surface area contributed by atoms with E-state index in [-0.39, 0.29) is 24.3 Å². The Morgan fingerprint density at radius 3 is 2.81 bits per heavy atom. The molecule has 6 nitrogen and oxygen atoms in total. The van der Waals surface area contributed by atoms with E-state index in [4.69, 9.17) is 4.74 Å². The third kappa shape index (κ3) is 3.58. The fraction of sp³-hybridized carbons (Fsp3) is 0.421. The molecule has 1 N–H and O–H groups in total. The minimum absolute atomic E-state index is 0.00682. The van der Waals surface area contributed by atoms with Crippen molar-refractivity contribution in [1.82, 2.24) is 4.98 Å². The van der Waals surface area contributed by atoms with Gasteiger partial charge in [0.2, 0.25) is 5.91 Å². The van der Waals surface area contributed by atoms with Crippen LogP contribution >= 0.6 is 11.3 Å². The van der Waals surface area contributed by atoms with Crippen LogP contribution in [0.1, 0.15) is 33.6 Å². The van der Waals surface area contributed by atoms with E-state index in [1.165, 1.54) is 11.3 Å². The molecule has 138 valence electrons. The molecule has 1 aliphatic rings. The first-order chi connectivity index (χ1) is 12.6. The summed E-state index contributed by atoms with van der Waals surface area (Å²) in [4.78, 5) is 30.5. The van der Waals surface area contributed by atoms with E-state index in [1.54, 1.807) is 4.90 Å².